The van der Waals surface area contributed by atoms with Crippen molar-refractivity contribution in [3.63, 3.8) is 0 Å². The quantitative estimate of drug-likeness (QED) is 0.943. The first kappa shape index (κ1) is 12.4. The van der Waals surface area contributed by atoms with Crippen molar-refractivity contribution >= 4 is 34.1 Å². The van der Waals surface area contributed by atoms with Crippen LogP contribution in [0.5, 0.6) is 0 Å². The van der Waals surface area contributed by atoms with Crippen LogP contribution in [0.1, 0.15) is 21.7 Å². The number of halogens is 1. The van der Waals surface area contributed by atoms with Crippen LogP contribution in [-0.2, 0) is 0 Å². The molecule has 2 aromatic heterocycles. The highest BCUT2D eigenvalue weighted by Crippen LogP contribution is 2.12. The third-order valence-corrected chi connectivity index (χ3v) is 2.51. The van der Waals surface area contributed by atoms with E-state index in [1.165, 1.54) is 12.4 Å². The lowest BCUT2D eigenvalue weighted by molar-refractivity contribution is 0.0690. The molecule has 0 saturated carbocycles. The van der Waals surface area contributed by atoms with Gasteiger partial charge in [-0.1, -0.05) is 6.08 Å². The van der Waals surface area contributed by atoms with Gasteiger partial charge in [-0.25, -0.2) is 14.8 Å². The predicted octanol–water partition coefficient (Wildman–Crippen LogP) is 2.50. The van der Waals surface area contributed by atoms with E-state index in [1.54, 1.807) is 24.5 Å². The van der Waals surface area contributed by atoms with Crippen LogP contribution in [-0.4, -0.2) is 26.0 Å². The highest BCUT2D eigenvalue weighted by molar-refractivity contribution is 9.10. The summed E-state index contributed by atoms with van der Waals surface area (Å²) in [5.74, 6) is -1.07. The molecule has 0 atom stereocenters. The van der Waals surface area contributed by atoms with Crippen LogP contribution < -0.4 is 0 Å². The highest BCUT2D eigenvalue weighted by Gasteiger charge is 2.03. The van der Waals surface area contributed by atoms with E-state index in [1.807, 2.05) is 6.07 Å². The number of carbonyl (C=O) groups is 1. The van der Waals surface area contributed by atoms with Crippen LogP contribution >= 0.6 is 15.9 Å². The van der Waals surface area contributed by atoms with Gasteiger partial charge in [0.2, 0.25) is 0 Å². The van der Waals surface area contributed by atoms with Crippen molar-refractivity contribution in [2.75, 3.05) is 0 Å². The second-order valence-corrected chi connectivity index (χ2v) is 4.32. The van der Waals surface area contributed by atoms with E-state index < -0.39 is 5.97 Å². The molecular weight excluding hydrogens is 298 g/mol. The molecule has 0 aliphatic rings. The van der Waals surface area contributed by atoms with Crippen molar-refractivity contribution < 1.29 is 9.90 Å². The number of hydrogen-bond donors (Lipinski definition) is 1. The van der Waals surface area contributed by atoms with Crippen LogP contribution in [0.25, 0.3) is 12.2 Å². The number of rotatable bonds is 3. The second-order valence-electron chi connectivity index (χ2n) is 3.40. The Morgan fingerprint density at radius 3 is 2.78 bits per heavy atom. The first-order chi connectivity index (χ1) is 8.65. The molecular formula is C12H8BrN3O2. The summed E-state index contributed by atoms with van der Waals surface area (Å²) in [6.07, 6.45) is 8.11. The molecule has 18 heavy (non-hydrogen) atoms. The maximum atomic E-state index is 10.7. The fraction of sp³-hybridized carbons (Fsp3) is 0. The maximum absolute atomic E-state index is 10.7. The molecule has 5 nitrogen and oxygen atoms in total. The molecule has 0 bridgehead atoms. The molecule has 2 aromatic rings. The lowest BCUT2D eigenvalue weighted by atomic mass is 10.2. The van der Waals surface area contributed by atoms with Crippen molar-refractivity contribution in [1.29, 1.82) is 0 Å². The van der Waals surface area contributed by atoms with Gasteiger partial charge in [-0.15, -0.1) is 0 Å². The fourth-order valence-corrected chi connectivity index (χ4v) is 1.66. The van der Waals surface area contributed by atoms with Gasteiger partial charge in [0.1, 0.15) is 6.33 Å². The Labute approximate surface area is 111 Å². The summed E-state index contributed by atoms with van der Waals surface area (Å²) in [5.41, 5.74) is 1.39. The summed E-state index contributed by atoms with van der Waals surface area (Å²) in [6, 6.07) is 3.30. The van der Waals surface area contributed by atoms with Gasteiger partial charge in [-0.2, -0.15) is 0 Å². The number of hydrogen-bond acceptors (Lipinski definition) is 4. The molecule has 90 valence electrons. The number of pyridine rings is 1. The van der Waals surface area contributed by atoms with E-state index in [4.69, 9.17) is 5.11 Å². The molecule has 0 aromatic carbocycles. The van der Waals surface area contributed by atoms with Gasteiger partial charge in [-0.3, -0.25) is 4.98 Å². The molecule has 0 aliphatic carbocycles. The lowest BCUT2D eigenvalue weighted by Gasteiger charge is -1.96. The zero-order valence-electron chi connectivity index (χ0n) is 9.12. The molecule has 1 N–H and O–H groups in total. The Kier molecular flexibility index (Phi) is 3.78. The van der Waals surface area contributed by atoms with Crippen LogP contribution in [0, 0.1) is 0 Å². The van der Waals surface area contributed by atoms with Crippen molar-refractivity contribution in [3.8, 4) is 0 Å². The van der Waals surface area contributed by atoms with E-state index in [9.17, 15) is 4.79 Å². The van der Waals surface area contributed by atoms with Crippen molar-refractivity contribution in [1.82, 2.24) is 15.0 Å². The maximum Gasteiger partial charge on any atom is 0.354 e. The topological polar surface area (TPSA) is 76.0 Å². The van der Waals surface area contributed by atoms with Gasteiger partial charge >= 0.3 is 5.97 Å². The number of nitrogens with zero attached hydrogens (tertiary/aromatic N) is 3. The van der Waals surface area contributed by atoms with Gasteiger partial charge in [-0.05, 0) is 39.7 Å². The molecule has 0 amide bonds. The van der Waals surface area contributed by atoms with E-state index in [-0.39, 0.29) is 5.69 Å². The van der Waals surface area contributed by atoms with E-state index >= 15 is 0 Å². The number of carboxylic acids is 1. The minimum Gasteiger partial charge on any atom is -0.477 e. The zero-order valence-corrected chi connectivity index (χ0v) is 10.7. The molecule has 2 heterocycles. The van der Waals surface area contributed by atoms with Crippen molar-refractivity contribution in [2.45, 2.75) is 0 Å². The van der Waals surface area contributed by atoms with Gasteiger partial charge in [0.05, 0.1) is 5.69 Å². The van der Waals surface area contributed by atoms with E-state index in [0.717, 1.165) is 10.0 Å². The van der Waals surface area contributed by atoms with Crippen molar-refractivity contribution in [2.24, 2.45) is 0 Å². The molecule has 6 heteroatoms. The summed E-state index contributed by atoms with van der Waals surface area (Å²) in [6.45, 7) is 0. The third-order valence-electron chi connectivity index (χ3n) is 2.08. The van der Waals surface area contributed by atoms with Gasteiger partial charge < -0.3 is 5.11 Å². The number of aromatic nitrogens is 3. The molecule has 0 radical (unpaired) electrons. The Bertz CT molecular complexity index is 614. The summed E-state index contributed by atoms with van der Waals surface area (Å²) in [7, 11) is 0. The third kappa shape index (κ3) is 3.21. The Balaban J connectivity index is 2.23. The Morgan fingerprint density at radius 1 is 1.22 bits per heavy atom. The zero-order chi connectivity index (χ0) is 13.0. The van der Waals surface area contributed by atoms with Crippen LogP contribution in [0.2, 0.25) is 0 Å². The molecule has 0 fully saturated rings. The average Bonchev–Trinajstić information content (AvgIpc) is 2.37. The standard InChI is InChI=1S/C12H8BrN3O2/c13-9-3-8(5-14-6-9)1-2-10-4-11(12(17)18)16-7-15-10/h1-7H,(H,17,18)/b2-1+. The number of aromatic carboxylic acids is 1. The largest absolute Gasteiger partial charge is 0.477 e. The first-order valence-corrected chi connectivity index (χ1v) is 5.78. The van der Waals surface area contributed by atoms with Crippen LogP contribution in [0.3, 0.4) is 0 Å². The molecule has 0 unspecified atom stereocenters. The predicted molar refractivity (Wildman–Crippen MR) is 69.9 cm³/mol. The lowest BCUT2D eigenvalue weighted by Crippen LogP contribution is -2.00. The van der Waals surface area contributed by atoms with Gasteiger partial charge in [0, 0.05) is 16.9 Å². The summed E-state index contributed by atoms with van der Waals surface area (Å²) < 4.78 is 0.874. The molecule has 0 saturated heterocycles. The van der Waals surface area contributed by atoms with Gasteiger partial charge in [0.15, 0.2) is 5.69 Å². The molecule has 2 rings (SSSR count). The minimum absolute atomic E-state index is 0.0305. The molecule has 0 spiro atoms. The number of carboxylic acid groups (broad SMARTS) is 1. The normalized spacial score (nSPS) is 10.7. The van der Waals surface area contributed by atoms with E-state index in [0.29, 0.717) is 5.69 Å². The highest BCUT2D eigenvalue weighted by atomic mass is 79.9. The van der Waals surface area contributed by atoms with Crippen molar-refractivity contribution in [3.05, 3.63) is 52.3 Å². The summed E-state index contributed by atoms with van der Waals surface area (Å²) >= 11 is 3.32. The Hall–Kier alpha value is -2.08. The minimum atomic E-state index is -1.07. The van der Waals surface area contributed by atoms with E-state index in [2.05, 4.69) is 30.9 Å². The average molecular weight is 306 g/mol. The van der Waals surface area contributed by atoms with Gasteiger partial charge in [0.25, 0.3) is 0 Å². The summed E-state index contributed by atoms with van der Waals surface area (Å²) in [5, 5.41) is 8.80. The smallest absolute Gasteiger partial charge is 0.354 e. The molecule has 0 aliphatic heterocycles. The Morgan fingerprint density at radius 2 is 2.06 bits per heavy atom. The van der Waals surface area contributed by atoms with Crippen LogP contribution in [0.15, 0.2) is 35.3 Å². The summed E-state index contributed by atoms with van der Waals surface area (Å²) in [4.78, 5) is 22.4. The first-order valence-electron chi connectivity index (χ1n) is 4.99. The monoisotopic (exact) mass is 305 g/mol. The van der Waals surface area contributed by atoms with Crippen LogP contribution in [0.4, 0.5) is 0 Å². The SMILES string of the molecule is O=C(O)c1cc(/C=C/c2cncc(Br)c2)ncn1. The second kappa shape index (κ2) is 5.50. The fourth-order valence-electron chi connectivity index (χ4n) is 1.28.